The Kier molecular flexibility index (Phi) is 4.19. The van der Waals surface area contributed by atoms with Gasteiger partial charge in [-0.05, 0) is 19.9 Å². The number of carbonyl (C=O) groups is 2. The van der Waals surface area contributed by atoms with E-state index in [4.69, 9.17) is 4.74 Å². The second-order valence-corrected chi connectivity index (χ2v) is 4.87. The monoisotopic (exact) mass is 255 g/mol. The molecule has 0 aliphatic carbocycles. The Balaban J connectivity index is 2.08. The zero-order chi connectivity index (χ0) is 13.1. The number of nitrogens with zero attached hydrogens (tertiary/aromatic N) is 1. The summed E-state index contributed by atoms with van der Waals surface area (Å²) in [6.07, 6.45) is 0.845. The minimum atomic E-state index is -0.482. The van der Waals surface area contributed by atoms with Crippen LogP contribution in [0.3, 0.4) is 0 Å². The second-order valence-electron chi connectivity index (χ2n) is 4.87. The van der Waals surface area contributed by atoms with Crippen molar-refractivity contribution in [3.05, 3.63) is 0 Å². The number of nitrogens with one attached hydrogen (secondary N) is 2. The molecule has 0 aromatic carbocycles. The fraction of sp³-hybridized carbons (Fsp3) is 0.833. The van der Waals surface area contributed by atoms with Gasteiger partial charge in [-0.1, -0.05) is 0 Å². The van der Waals surface area contributed by atoms with Crippen molar-refractivity contribution in [2.45, 2.75) is 25.4 Å². The standard InChI is InChI=1S/C12H21N3O3/c1-8-9(3-4-14-8)12(17)15-5-6-18-7-10(15)11(16)13-2/h8-10,14H,3-7H2,1-2H3,(H,13,16). The first kappa shape index (κ1) is 13.3. The number of likely N-dealkylation sites (N-methyl/N-ethyl adjacent to an activating group) is 1. The predicted octanol–water partition coefficient (Wildman–Crippen LogP) is -1.04. The topological polar surface area (TPSA) is 70.7 Å². The van der Waals surface area contributed by atoms with Crippen LogP contribution < -0.4 is 10.6 Å². The minimum Gasteiger partial charge on any atom is -0.377 e. The van der Waals surface area contributed by atoms with E-state index in [-0.39, 0.29) is 23.8 Å². The largest absolute Gasteiger partial charge is 0.377 e. The third-order valence-electron chi connectivity index (χ3n) is 3.80. The highest BCUT2D eigenvalue weighted by Crippen LogP contribution is 2.20. The van der Waals surface area contributed by atoms with Gasteiger partial charge in [0.15, 0.2) is 0 Å². The molecule has 2 aliphatic rings. The maximum Gasteiger partial charge on any atom is 0.244 e. The van der Waals surface area contributed by atoms with Crippen LogP contribution in [0.2, 0.25) is 0 Å². The average Bonchev–Trinajstić information content (AvgIpc) is 2.83. The van der Waals surface area contributed by atoms with Crippen molar-refractivity contribution in [3.63, 3.8) is 0 Å². The van der Waals surface area contributed by atoms with Gasteiger partial charge >= 0.3 is 0 Å². The predicted molar refractivity (Wildman–Crippen MR) is 66.0 cm³/mol. The fourth-order valence-electron chi connectivity index (χ4n) is 2.66. The van der Waals surface area contributed by atoms with E-state index in [9.17, 15) is 9.59 Å². The first-order valence-electron chi connectivity index (χ1n) is 6.48. The summed E-state index contributed by atoms with van der Waals surface area (Å²) in [6.45, 7) is 4.19. The third-order valence-corrected chi connectivity index (χ3v) is 3.80. The van der Waals surface area contributed by atoms with Crippen LogP contribution in [0.5, 0.6) is 0 Å². The molecule has 0 saturated carbocycles. The maximum absolute atomic E-state index is 12.5. The summed E-state index contributed by atoms with van der Waals surface area (Å²) < 4.78 is 5.30. The summed E-state index contributed by atoms with van der Waals surface area (Å²) in [5.41, 5.74) is 0. The van der Waals surface area contributed by atoms with Crippen LogP contribution in [0.25, 0.3) is 0 Å². The summed E-state index contributed by atoms with van der Waals surface area (Å²) in [5, 5.41) is 5.86. The van der Waals surface area contributed by atoms with Crippen molar-refractivity contribution in [1.82, 2.24) is 15.5 Å². The zero-order valence-electron chi connectivity index (χ0n) is 10.9. The lowest BCUT2D eigenvalue weighted by Crippen LogP contribution is -2.57. The van der Waals surface area contributed by atoms with Gasteiger partial charge in [-0.3, -0.25) is 9.59 Å². The van der Waals surface area contributed by atoms with E-state index in [2.05, 4.69) is 10.6 Å². The van der Waals surface area contributed by atoms with Gasteiger partial charge in [0.25, 0.3) is 0 Å². The Morgan fingerprint density at radius 1 is 1.44 bits per heavy atom. The van der Waals surface area contributed by atoms with E-state index in [0.717, 1.165) is 13.0 Å². The molecule has 6 heteroatoms. The van der Waals surface area contributed by atoms with Crippen LogP contribution in [-0.4, -0.2) is 62.1 Å². The maximum atomic E-state index is 12.5. The molecule has 0 aromatic heterocycles. The Bertz CT molecular complexity index is 335. The Labute approximate surface area is 107 Å². The number of carbonyl (C=O) groups excluding carboxylic acids is 2. The number of amides is 2. The van der Waals surface area contributed by atoms with Crippen molar-refractivity contribution in [2.75, 3.05) is 33.4 Å². The van der Waals surface area contributed by atoms with Gasteiger partial charge in [0.2, 0.25) is 11.8 Å². The lowest BCUT2D eigenvalue weighted by atomic mass is 9.99. The van der Waals surface area contributed by atoms with Gasteiger partial charge in [-0.25, -0.2) is 0 Å². The molecule has 102 valence electrons. The van der Waals surface area contributed by atoms with Crippen molar-refractivity contribution in [2.24, 2.45) is 5.92 Å². The highest BCUT2D eigenvalue weighted by molar-refractivity contribution is 5.89. The quantitative estimate of drug-likeness (QED) is 0.661. The normalized spacial score (nSPS) is 32.3. The second kappa shape index (κ2) is 5.67. The summed E-state index contributed by atoms with van der Waals surface area (Å²) in [5.74, 6) is -0.0960. The van der Waals surface area contributed by atoms with Gasteiger partial charge in [0.05, 0.1) is 19.1 Å². The van der Waals surface area contributed by atoms with Crippen LogP contribution in [0.15, 0.2) is 0 Å². The van der Waals surface area contributed by atoms with Crippen molar-refractivity contribution < 1.29 is 14.3 Å². The molecule has 2 heterocycles. The molecule has 18 heavy (non-hydrogen) atoms. The van der Waals surface area contributed by atoms with Gasteiger partial charge in [-0.15, -0.1) is 0 Å². The number of hydrogen-bond acceptors (Lipinski definition) is 4. The summed E-state index contributed by atoms with van der Waals surface area (Å²) in [4.78, 5) is 25.9. The van der Waals surface area contributed by atoms with E-state index in [1.165, 1.54) is 0 Å². The molecule has 2 saturated heterocycles. The molecule has 6 nitrogen and oxygen atoms in total. The molecule has 3 atom stereocenters. The van der Waals surface area contributed by atoms with Gasteiger partial charge in [-0.2, -0.15) is 0 Å². The van der Waals surface area contributed by atoms with Crippen molar-refractivity contribution in [1.29, 1.82) is 0 Å². The van der Waals surface area contributed by atoms with E-state index in [1.807, 2.05) is 6.92 Å². The summed E-state index contributed by atoms with van der Waals surface area (Å²) >= 11 is 0. The smallest absolute Gasteiger partial charge is 0.244 e. The number of ether oxygens (including phenoxy) is 1. The van der Waals surface area contributed by atoms with Crippen LogP contribution in [0.1, 0.15) is 13.3 Å². The third kappa shape index (κ3) is 2.49. The van der Waals surface area contributed by atoms with Crippen molar-refractivity contribution >= 4 is 11.8 Å². The molecule has 2 amide bonds. The van der Waals surface area contributed by atoms with Crippen molar-refractivity contribution in [3.8, 4) is 0 Å². The van der Waals surface area contributed by atoms with Crippen LogP contribution in [-0.2, 0) is 14.3 Å². The Morgan fingerprint density at radius 3 is 2.83 bits per heavy atom. The molecule has 0 aromatic rings. The lowest BCUT2D eigenvalue weighted by molar-refractivity contribution is -0.151. The highest BCUT2D eigenvalue weighted by atomic mass is 16.5. The molecule has 3 unspecified atom stereocenters. The molecule has 0 radical (unpaired) electrons. The first-order chi connectivity index (χ1) is 8.65. The number of hydrogen-bond donors (Lipinski definition) is 2. The summed E-state index contributed by atoms with van der Waals surface area (Å²) in [6, 6.07) is -0.297. The molecule has 0 spiro atoms. The highest BCUT2D eigenvalue weighted by Gasteiger charge is 2.38. The van der Waals surface area contributed by atoms with E-state index < -0.39 is 6.04 Å². The van der Waals surface area contributed by atoms with Gasteiger partial charge in [0.1, 0.15) is 6.04 Å². The molecule has 2 fully saturated rings. The SMILES string of the molecule is CNC(=O)C1COCCN1C(=O)C1CCNC1C. The Hall–Kier alpha value is -1.14. The minimum absolute atomic E-state index is 0.0183. The molecular formula is C12H21N3O3. The van der Waals surface area contributed by atoms with Gasteiger partial charge < -0.3 is 20.3 Å². The first-order valence-corrected chi connectivity index (χ1v) is 6.48. The van der Waals surface area contributed by atoms with Crippen LogP contribution in [0.4, 0.5) is 0 Å². The lowest BCUT2D eigenvalue weighted by Gasteiger charge is -2.36. The van der Waals surface area contributed by atoms with Gasteiger partial charge in [0, 0.05) is 19.6 Å². The molecular weight excluding hydrogens is 234 g/mol. The van der Waals surface area contributed by atoms with Crippen LogP contribution in [0, 0.1) is 5.92 Å². The fourth-order valence-corrected chi connectivity index (χ4v) is 2.66. The van der Waals surface area contributed by atoms with E-state index >= 15 is 0 Å². The molecule has 0 bridgehead atoms. The zero-order valence-corrected chi connectivity index (χ0v) is 10.9. The Morgan fingerprint density at radius 2 is 2.22 bits per heavy atom. The average molecular weight is 255 g/mol. The summed E-state index contributed by atoms with van der Waals surface area (Å²) in [7, 11) is 1.58. The van der Waals surface area contributed by atoms with E-state index in [0.29, 0.717) is 19.8 Å². The number of morpholine rings is 1. The van der Waals surface area contributed by atoms with E-state index in [1.54, 1.807) is 11.9 Å². The molecule has 2 N–H and O–H groups in total. The number of rotatable bonds is 2. The molecule has 2 aliphatic heterocycles. The molecule has 2 rings (SSSR count). The van der Waals surface area contributed by atoms with Crippen LogP contribution >= 0.6 is 0 Å².